The molecule has 0 radical (unpaired) electrons. The molecule has 6 aromatic carbocycles. The minimum absolute atomic E-state index is 0.0579. The summed E-state index contributed by atoms with van der Waals surface area (Å²) in [6.45, 7) is 4.64. The Bertz CT molecular complexity index is 2750. The Morgan fingerprint density at radius 3 is 1.81 bits per heavy atom. The minimum atomic E-state index is -0.0579. The van der Waals surface area contributed by atoms with Crippen LogP contribution in [-0.4, -0.2) is 9.97 Å². The van der Waals surface area contributed by atoms with Gasteiger partial charge in [-0.05, 0) is 69.8 Å². The van der Waals surface area contributed by atoms with Crippen LogP contribution in [0.3, 0.4) is 0 Å². The number of aromatic nitrogens is 2. The SMILES string of the molecule is CC1(C)c2ccccc2-c2ccc(-c3ccc4ccc5ccc(-c6ccc(-c7ccc8c(c7)oc7ccccc78)cc6)nc5c4n3)cc21. The maximum absolute atomic E-state index is 6.15. The molecule has 0 N–H and O–H groups in total. The number of pyridine rings is 2. The van der Waals surface area contributed by atoms with Gasteiger partial charge < -0.3 is 4.42 Å². The summed E-state index contributed by atoms with van der Waals surface area (Å²) in [5.74, 6) is 0. The van der Waals surface area contributed by atoms with Crippen molar-refractivity contribution in [2.24, 2.45) is 0 Å². The number of hydrogen-bond acceptors (Lipinski definition) is 3. The molecule has 0 unspecified atom stereocenters. The van der Waals surface area contributed by atoms with Gasteiger partial charge in [-0.15, -0.1) is 0 Å². The predicted molar refractivity (Wildman–Crippen MR) is 198 cm³/mol. The van der Waals surface area contributed by atoms with E-state index in [1.165, 1.54) is 22.3 Å². The lowest BCUT2D eigenvalue weighted by Crippen LogP contribution is -2.14. The molecule has 10 rings (SSSR count). The van der Waals surface area contributed by atoms with Gasteiger partial charge in [-0.2, -0.15) is 0 Å². The molecule has 0 saturated carbocycles. The van der Waals surface area contributed by atoms with Crippen LogP contribution in [0.15, 0.2) is 150 Å². The van der Waals surface area contributed by atoms with Crippen LogP contribution in [0.1, 0.15) is 25.0 Å². The third kappa shape index (κ3) is 4.01. The lowest BCUT2D eigenvalue weighted by Gasteiger charge is -2.21. The molecule has 1 aliphatic carbocycles. The van der Waals surface area contributed by atoms with Crippen molar-refractivity contribution in [2.75, 3.05) is 0 Å². The Hall–Kier alpha value is -6.06. The normalized spacial score (nSPS) is 13.4. The molecule has 226 valence electrons. The first-order valence-corrected chi connectivity index (χ1v) is 16.5. The number of furan rings is 1. The molecule has 9 aromatic rings. The molecule has 0 aliphatic heterocycles. The molecule has 0 amide bonds. The van der Waals surface area contributed by atoms with Crippen LogP contribution >= 0.6 is 0 Å². The van der Waals surface area contributed by atoms with Gasteiger partial charge in [-0.3, -0.25) is 0 Å². The summed E-state index contributed by atoms with van der Waals surface area (Å²) in [4.78, 5) is 10.5. The lowest BCUT2D eigenvalue weighted by atomic mass is 9.82. The molecule has 0 atom stereocenters. The first kappa shape index (κ1) is 27.1. The van der Waals surface area contributed by atoms with E-state index in [4.69, 9.17) is 14.4 Å². The Labute approximate surface area is 278 Å². The zero-order chi connectivity index (χ0) is 32.0. The quantitative estimate of drug-likeness (QED) is 0.186. The van der Waals surface area contributed by atoms with Crippen LogP contribution < -0.4 is 0 Å². The Kier molecular flexibility index (Phi) is 5.63. The van der Waals surface area contributed by atoms with Gasteiger partial charge in [0.05, 0.1) is 22.4 Å². The van der Waals surface area contributed by atoms with Gasteiger partial charge in [0.15, 0.2) is 0 Å². The average molecular weight is 615 g/mol. The molecular weight excluding hydrogens is 585 g/mol. The van der Waals surface area contributed by atoms with Gasteiger partial charge in [0.2, 0.25) is 0 Å². The fourth-order valence-corrected chi connectivity index (χ4v) is 7.69. The summed E-state index contributed by atoms with van der Waals surface area (Å²) in [5, 5.41) is 4.45. The van der Waals surface area contributed by atoms with Crippen LogP contribution in [0.4, 0.5) is 0 Å². The number of para-hydroxylation sites is 1. The van der Waals surface area contributed by atoms with Crippen LogP contribution in [0, 0.1) is 0 Å². The maximum atomic E-state index is 6.15. The van der Waals surface area contributed by atoms with Crippen molar-refractivity contribution in [2.45, 2.75) is 19.3 Å². The van der Waals surface area contributed by atoms with Crippen LogP contribution in [-0.2, 0) is 5.41 Å². The van der Waals surface area contributed by atoms with E-state index in [0.29, 0.717) is 0 Å². The Morgan fingerprint density at radius 2 is 1.02 bits per heavy atom. The third-order valence-electron chi connectivity index (χ3n) is 10.3. The molecule has 3 heterocycles. The molecule has 0 bridgehead atoms. The van der Waals surface area contributed by atoms with E-state index in [1.54, 1.807) is 0 Å². The van der Waals surface area contributed by atoms with Gasteiger partial charge in [0, 0.05) is 38.1 Å². The molecule has 0 saturated heterocycles. The van der Waals surface area contributed by atoms with Crippen LogP contribution in [0.5, 0.6) is 0 Å². The second-order valence-electron chi connectivity index (χ2n) is 13.4. The van der Waals surface area contributed by atoms with E-state index in [1.807, 2.05) is 12.1 Å². The number of benzene rings is 6. The lowest BCUT2D eigenvalue weighted by molar-refractivity contribution is 0.660. The van der Waals surface area contributed by atoms with Crippen molar-refractivity contribution in [3.8, 4) is 44.8 Å². The molecule has 3 aromatic heterocycles. The standard InChI is InChI=1S/C45H30N2O/c1-45(2)37-9-5-3-7-33(37)34-21-18-32(25-38(34)45)40-24-20-30-16-15-29-19-23-39(46-43(29)44(30)47-40)28-13-11-27(12-14-28)31-17-22-36-35-8-4-6-10-41(35)48-42(36)26-31/h3-26H,1-2H3. The minimum Gasteiger partial charge on any atom is -0.456 e. The van der Waals surface area contributed by atoms with Crippen molar-refractivity contribution >= 4 is 43.7 Å². The fraction of sp³-hybridized carbons (Fsp3) is 0.0667. The maximum Gasteiger partial charge on any atom is 0.136 e. The third-order valence-corrected chi connectivity index (χ3v) is 10.3. The van der Waals surface area contributed by atoms with E-state index in [2.05, 4.69) is 147 Å². The second kappa shape index (κ2) is 9.97. The highest BCUT2D eigenvalue weighted by Crippen LogP contribution is 2.49. The zero-order valence-corrected chi connectivity index (χ0v) is 26.7. The van der Waals surface area contributed by atoms with Crippen molar-refractivity contribution < 1.29 is 4.42 Å². The molecule has 48 heavy (non-hydrogen) atoms. The molecule has 3 nitrogen and oxygen atoms in total. The van der Waals surface area contributed by atoms with Gasteiger partial charge in [0.25, 0.3) is 0 Å². The smallest absolute Gasteiger partial charge is 0.136 e. The van der Waals surface area contributed by atoms with Gasteiger partial charge in [-0.1, -0.05) is 123 Å². The zero-order valence-electron chi connectivity index (χ0n) is 26.7. The van der Waals surface area contributed by atoms with Gasteiger partial charge in [0.1, 0.15) is 11.2 Å². The fourth-order valence-electron chi connectivity index (χ4n) is 7.69. The monoisotopic (exact) mass is 614 g/mol. The highest BCUT2D eigenvalue weighted by atomic mass is 16.3. The predicted octanol–water partition coefficient (Wildman–Crippen LogP) is 12.0. The molecule has 0 fully saturated rings. The second-order valence-corrected chi connectivity index (χ2v) is 13.4. The highest BCUT2D eigenvalue weighted by Gasteiger charge is 2.35. The first-order chi connectivity index (χ1) is 23.5. The topological polar surface area (TPSA) is 38.9 Å². The van der Waals surface area contributed by atoms with Gasteiger partial charge in [-0.25, -0.2) is 9.97 Å². The molecule has 3 heteroatoms. The Morgan fingerprint density at radius 1 is 0.438 bits per heavy atom. The van der Waals surface area contributed by atoms with E-state index < -0.39 is 0 Å². The number of fused-ring (bicyclic) bond motifs is 9. The summed E-state index contributed by atoms with van der Waals surface area (Å²) >= 11 is 0. The van der Waals surface area contributed by atoms with E-state index in [-0.39, 0.29) is 5.41 Å². The van der Waals surface area contributed by atoms with E-state index >= 15 is 0 Å². The summed E-state index contributed by atoms with van der Waals surface area (Å²) < 4.78 is 6.15. The van der Waals surface area contributed by atoms with Crippen molar-refractivity contribution in [1.82, 2.24) is 9.97 Å². The summed E-state index contributed by atoms with van der Waals surface area (Å²) in [6, 6.07) is 51.7. The molecular formula is C45H30N2O. The largest absolute Gasteiger partial charge is 0.456 e. The first-order valence-electron chi connectivity index (χ1n) is 16.5. The summed E-state index contributed by atoms with van der Waals surface area (Å²) in [7, 11) is 0. The summed E-state index contributed by atoms with van der Waals surface area (Å²) in [6.07, 6.45) is 0. The van der Waals surface area contributed by atoms with Gasteiger partial charge >= 0.3 is 0 Å². The van der Waals surface area contributed by atoms with E-state index in [9.17, 15) is 0 Å². The average Bonchev–Trinajstić information content (AvgIpc) is 3.62. The highest BCUT2D eigenvalue weighted by molar-refractivity contribution is 6.06. The Balaban J connectivity index is 1.02. The number of rotatable bonds is 3. The van der Waals surface area contributed by atoms with Crippen molar-refractivity contribution in [3.63, 3.8) is 0 Å². The summed E-state index contributed by atoms with van der Waals surface area (Å²) in [5.41, 5.74) is 15.3. The van der Waals surface area contributed by atoms with Crippen molar-refractivity contribution in [3.05, 3.63) is 157 Å². The van der Waals surface area contributed by atoms with Crippen LogP contribution in [0.2, 0.25) is 0 Å². The van der Waals surface area contributed by atoms with E-state index in [0.717, 1.165) is 77.4 Å². The van der Waals surface area contributed by atoms with Crippen LogP contribution in [0.25, 0.3) is 88.5 Å². The molecule has 0 spiro atoms. The number of hydrogen-bond donors (Lipinski definition) is 0. The molecule has 1 aliphatic rings. The number of nitrogens with zero attached hydrogens (tertiary/aromatic N) is 2. The van der Waals surface area contributed by atoms with Crippen molar-refractivity contribution in [1.29, 1.82) is 0 Å².